The number of nitrogens with zero attached hydrogens (tertiary/aromatic N) is 3. The van der Waals surface area contributed by atoms with Crippen molar-refractivity contribution in [2.24, 2.45) is 5.41 Å². The second kappa shape index (κ2) is 4.20. The average Bonchev–Trinajstić information content (AvgIpc) is 2.96. The number of hydrogen-bond acceptors (Lipinski definition) is 3. The third kappa shape index (κ3) is 2.02. The number of imidazole rings is 1. The molecular formula is C11H16N4O2. The molecule has 1 aromatic heterocycles. The van der Waals surface area contributed by atoms with Crippen molar-refractivity contribution in [2.45, 2.75) is 13.3 Å². The molecule has 0 bridgehead atoms. The number of aromatic nitrogens is 2. The smallest absolute Gasteiger partial charge is 0.329 e. The number of carbonyl (C=O) groups is 2. The zero-order valence-electron chi connectivity index (χ0n) is 10.0. The van der Waals surface area contributed by atoms with Gasteiger partial charge in [-0.2, -0.15) is 0 Å². The Balaban J connectivity index is 2.08. The Morgan fingerprint density at radius 1 is 1.47 bits per heavy atom. The minimum atomic E-state index is -0.481. The van der Waals surface area contributed by atoms with Gasteiger partial charge in [-0.05, 0) is 13.3 Å². The lowest BCUT2D eigenvalue weighted by atomic mass is 9.89. The molecule has 92 valence electrons. The molecular weight excluding hydrogens is 220 g/mol. The molecule has 1 saturated heterocycles. The Morgan fingerprint density at radius 3 is 2.82 bits per heavy atom. The van der Waals surface area contributed by atoms with E-state index in [-0.39, 0.29) is 11.9 Å². The van der Waals surface area contributed by atoms with E-state index in [0.717, 1.165) is 0 Å². The summed E-state index contributed by atoms with van der Waals surface area (Å²) in [5.74, 6) is -0.0153. The van der Waals surface area contributed by atoms with Crippen LogP contribution >= 0.6 is 0 Å². The molecule has 1 atom stereocenters. The minimum absolute atomic E-state index is 0.0153. The van der Waals surface area contributed by atoms with Gasteiger partial charge in [0.05, 0.1) is 5.41 Å². The molecule has 1 aromatic rings. The predicted molar refractivity (Wildman–Crippen MR) is 61.4 cm³/mol. The second-order valence-electron chi connectivity index (χ2n) is 4.56. The van der Waals surface area contributed by atoms with Crippen LogP contribution in [-0.2, 0) is 4.79 Å². The second-order valence-corrected chi connectivity index (χ2v) is 4.56. The van der Waals surface area contributed by atoms with Crippen LogP contribution in [0.15, 0.2) is 18.7 Å². The molecule has 1 N–H and O–H groups in total. The van der Waals surface area contributed by atoms with E-state index in [1.54, 1.807) is 24.3 Å². The molecule has 0 spiro atoms. The summed E-state index contributed by atoms with van der Waals surface area (Å²) in [6, 6.07) is -0.130. The predicted octanol–water partition coefficient (Wildman–Crippen LogP) is 0.309. The molecule has 2 rings (SSSR count). The molecule has 1 aliphatic heterocycles. The molecule has 2 amide bonds. The molecule has 0 saturated carbocycles. The van der Waals surface area contributed by atoms with E-state index in [9.17, 15) is 9.59 Å². The molecule has 6 nitrogen and oxygen atoms in total. The number of likely N-dealkylation sites (tertiary alicyclic amines) is 1. The molecule has 2 heterocycles. The van der Waals surface area contributed by atoms with Gasteiger partial charge in [-0.3, -0.25) is 9.36 Å². The molecule has 17 heavy (non-hydrogen) atoms. The van der Waals surface area contributed by atoms with Gasteiger partial charge in [0.2, 0.25) is 5.91 Å². The van der Waals surface area contributed by atoms with Crippen LogP contribution in [0.5, 0.6) is 0 Å². The fraction of sp³-hybridized carbons (Fsp3) is 0.545. The van der Waals surface area contributed by atoms with Crippen molar-refractivity contribution < 1.29 is 9.59 Å². The molecule has 6 heteroatoms. The first-order chi connectivity index (χ1) is 8.07. The molecule has 1 fully saturated rings. The van der Waals surface area contributed by atoms with Gasteiger partial charge >= 0.3 is 6.03 Å². The van der Waals surface area contributed by atoms with Crippen molar-refractivity contribution in [2.75, 3.05) is 20.1 Å². The van der Waals surface area contributed by atoms with E-state index < -0.39 is 5.41 Å². The molecule has 1 unspecified atom stereocenters. The summed E-state index contributed by atoms with van der Waals surface area (Å²) in [5.41, 5.74) is -0.481. The number of amides is 2. The van der Waals surface area contributed by atoms with E-state index in [1.807, 2.05) is 6.92 Å². The monoisotopic (exact) mass is 236 g/mol. The minimum Gasteiger partial charge on any atom is -0.359 e. The molecule has 0 aliphatic carbocycles. The standard InChI is InChI=1S/C11H16N4O2/c1-11(9(16)12-2)3-5-14(7-11)10(17)15-6-4-13-8-15/h4,6,8H,3,5,7H2,1-2H3,(H,12,16). The lowest BCUT2D eigenvalue weighted by Crippen LogP contribution is -2.41. The van der Waals surface area contributed by atoms with Crippen molar-refractivity contribution in [3.63, 3.8) is 0 Å². The fourth-order valence-corrected chi connectivity index (χ4v) is 2.15. The number of carbonyl (C=O) groups excluding carboxylic acids is 2. The maximum Gasteiger partial charge on any atom is 0.329 e. The van der Waals surface area contributed by atoms with Crippen LogP contribution in [-0.4, -0.2) is 46.5 Å². The average molecular weight is 236 g/mol. The Kier molecular flexibility index (Phi) is 2.87. The van der Waals surface area contributed by atoms with E-state index in [1.165, 1.54) is 10.9 Å². The van der Waals surface area contributed by atoms with Gasteiger partial charge in [-0.1, -0.05) is 0 Å². The summed E-state index contributed by atoms with van der Waals surface area (Å²) in [6.45, 7) is 2.93. The SMILES string of the molecule is CNC(=O)C1(C)CCN(C(=O)n2ccnc2)C1. The van der Waals surface area contributed by atoms with E-state index in [4.69, 9.17) is 0 Å². The third-order valence-corrected chi connectivity index (χ3v) is 3.24. The highest BCUT2D eigenvalue weighted by Gasteiger charge is 2.41. The Hall–Kier alpha value is -1.85. The van der Waals surface area contributed by atoms with Crippen molar-refractivity contribution in [1.29, 1.82) is 0 Å². The number of nitrogens with one attached hydrogen (secondary N) is 1. The van der Waals surface area contributed by atoms with E-state index >= 15 is 0 Å². The van der Waals surface area contributed by atoms with Crippen LogP contribution in [0, 0.1) is 5.41 Å². The van der Waals surface area contributed by atoms with Crippen LogP contribution in [0.1, 0.15) is 13.3 Å². The number of rotatable bonds is 1. The van der Waals surface area contributed by atoms with E-state index in [0.29, 0.717) is 19.5 Å². The summed E-state index contributed by atoms with van der Waals surface area (Å²) >= 11 is 0. The van der Waals surface area contributed by atoms with Crippen molar-refractivity contribution >= 4 is 11.9 Å². The van der Waals surface area contributed by atoms with Gasteiger partial charge < -0.3 is 10.2 Å². The first kappa shape index (κ1) is 11.6. The highest BCUT2D eigenvalue weighted by Crippen LogP contribution is 2.30. The summed E-state index contributed by atoms with van der Waals surface area (Å²) < 4.78 is 1.43. The van der Waals surface area contributed by atoms with Gasteiger partial charge in [0.15, 0.2) is 0 Å². The zero-order valence-corrected chi connectivity index (χ0v) is 10.0. The Labute approximate surface area is 99.6 Å². The highest BCUT2D eigenvalue weighted by molar-refractivity contribution is 5.84. The van der Waals surface area contributed by atoms with Crippen molar-refractivity contribution in [3.05, 3.63) is 18.7 Å². The van der Waals surface area contributed by atoms with Crippen LogP contribution in [0.25, 0.3) is 0 Å². The Bertz CT molecular complexity index is 429. The van der Waals surface area contributed by atoms with Crippen LogP contribution in [0.4, 0.5) is 4.79 Å². The van der Waals surface area contributed by atoms with Gasteiger partial charge in [0, 0.05) is 32.5 Å². The summed E-state index contributed by atoms with van der Waals surface area (Å²) in [5, 5.41) is 2.65. The largest absolute Gasteiger partial charge is 0.359 e. The maximum absolute atomic E-state index is 12.0. The van der Waals surface area contributed by atoms with Crippen LogP contribution in [0.3, 0.4) is 0 Å². The molecule has 1 aliphatic rings. The quantitative estimate of drug-likeness (QED) is 0.763. The fourth-order valence-electron chi connectivity index (χ4n) is 2.15. The molecule has 0 radical (unpaired) electrons. The van der Waals surface area contributed by atoms with Crippen molar-refractivity contribution in [3.8, 4) is 0 Å². The van der Waals surface area contributed by atoms with Gasteiger partial charge in [-0.25, -0.2) is 9.78 Å². The Morgan fingerprint density at radius 2 is 2.24 bits per heavy atom. The lowest BCUT2D eigenvalue weighted by Gasteiger charge is -2.22. The van der Waals surface area contributed by atoms with Crippen LogP contribution < -0.4 is 5.32 Å². The van der Waals surface area contributed by atoms with Crippen molar-refractivity contribution in [1.82, 2.24) is 19.8 Å². The maximum atomic E-state index is 12.0. The third-order valence-electron chi connectivity index (χ3n) is 3.24. The first-order valence-corrected chi connectivity index (χ1v) is 5.56. The first-order valence-electron chi connectivity index (χ1n) is 5.56. The van der Waals surface area contributed by atoms with E-state index in [2.05, 4.69) is 10.3 Å². The topological polar surface area (TPSA) is 67.2 Å². The zero-order chi connectivity index (χ0) is 12.5. The lowest BCUT2D eigenvalue weighted by molar-refractivity contribution is -0.128. The molecule has 0 aromatic carbocycles. The summed E-state index contributed by atoms with van der Waals surface area (Å²) in [6.07, 6.45) is 5.33. The van der Waals surface area contributed by atoms with Gasteiger partial charge in [-0.15, -0.1) is 0 Å². The van der Waals surface area contributed by atoms with Crippen LogP contribution in [0.2, 0.25) is 0 Å². The summed E-state index contributed by atoms with van der Waals surface area (Å²) in [7, 11) is 1.62. The van der Waals surface area contributed by atoms with Gasteiger partial charge in [0.25, 0.3) is 0 Å². The highest BCUT2D eigenvalue weighted by atomic mass is 16.2. The van der Waals surface area contributed by atoms with Gasteiger partial charge in [0.1, 0.15) is 6.33 Å². The number of hydrogen-bond donors (Lipinski definition) is 1. The normalized spacial score (nSPS) is 23.8. The summed E-state index contributed by atoms with van der Waals surface area (Å²) in [4.78, 5) is 29.3.